The molecule has 144 valence electrons. The molecule has 0 fully saturated rings. The fourth-order valence-corrected chi connectivity index (χ4v) is 2.77. The summed E-state index contributed by atoms with van der Waals surface area (Å²) in [5, 5.41) is 3.24. The highest BCUT2D eigenvalue weighted by molar-refractivity contribution is 5.96. The van der Waals surface area contributed by atoms with Gasteiger partial charge in [0.05, 0.1) is 6.20 Å². The highest BCUT2D eigenvalue weighted by Crippen LogP contribution is 2.24. The predicted octanol–water partition coefficient (Wildman–Crippen LogP) is 4.05. The molecule has 0 atom stereocenters. The van der Waals surface area contributed by atoms with Gasteiger partial charge in [0, 0.05) is 18.1 Å². The summed E-state index contributed by atoms with van der Waals surface area (Å²) in [5.41, 5.74) is 0.0770. The Hall–Kier alpha value is -4.00. The van der Waals surface area contributed by atoms with Gasteiger partial charge in [0.15, 0.2) is 11.6 Å². The zero-order chi connectivity index (χ0) is 20.2. The van der Waals surface area contributed by atoms with Crippen molar-refractivity contribution in [3.8, 4) is 11.5 Å². The Kier molecular flexibility index (Phi) is 5.03. The standard InChI is InChI=1S/C22H15FN2O4/c23-18-10-14(7-8-20(18)28-16-5-3-9-24-13-16)12-25-21(26)17-11-15-4-1-2-6-19(15)29-22(17)27/h1-11,13H,12H2,(H,25,26). The van der Waals surface area contributed by atoms with Crippen LogP contribution in [0.15, 0.2) is 82.3 Å². The van der Waals surface area contributed by atoms with Crippen LogP contribution in [-0.4, -0.2) is 10.9 Å². The number of carbonyl (C=O) groups excluding carboxylic acids is 1. The Morgan fingerprint density at radius 1 is 1.10 bits per heavy atom. The minimum atomic E-state index is -0.729. The van der Waals surface area contributed by atoms with Crippen LogP contribution in [0.4, 0.5) is 4.39 Å². The lowest BCUT2D eigenvalue weighted by atomic mass is 10.1. The van der Waals surface area contributed by atoms with E-state index in [1.165, 1.54) is 24.4 Å². The number of amides is 1. The van der Waals surface area contributed by atoms with E-state index in [2.05, 4.69) is 10.3 Å². The van der Waals surface area contributed by atoms with Crippen LogP contribution in [-0.2, 0) is 6.54 Å². The number of para-hydroxylation sites is 1. The zero-order valence-electron chi connectivity index (χ0n) is 15.1. The highest BCUT2D eigenvalue weighted by atomic mass is 19.1. The number of aromatic nitrogens is 1. The molecule has 1 N–H and O–H groups in total. The Morgan fingerprint density at radius 3 is 2.76 bits per heavy atom. The number of hydrogen-bond donors (Lipinski definition) is 1. The van der Waals surface area contributed by atoms with E-state index in [0.29, 0.717) is 22.3 Å². The number of halogens is 1. The van der Waals surface area contributed by atoms with E-state index >= 15 is 0 Å². The fourth-order valence-electron chi connectivity index (χ4n) is 2.77. The SMILES string of the molecule is O=C(NCc1ccc(Oc2cccnc2)c(F)c1)c1cc2ccccc2oc1=O. The van der Waals surface area contributed by atoms with Gasteiger partial charge >= 0.3 is 5.63 Å². The van der Waals surface area contributed by atoms with E-state index in [1.807, 2.05) is 0 Å². The number of nitrogens with zero attached hydrogens (tertiary/aromatic N) is 1. The highest BCUT2D eigenvalue weighted by Gasteiger charge is 2.14. The second-order valence-corrected chi connectivity index (χ2v) is 6.22. The molecule has 2 aromatic carbocycles. The van der Waals surface area contributed by atoms with Crippen LogP contribution in [0.3, 0.4) is 0 Å². The van der Waals surface area contributed by atoms with E-state index in [-0.39, 0.29) is 17.9 Å². The van der Waals surface area contributed by atoms with Gasteiger partial charge in [-0.15, -0.1) is 0 Å². The molecule has 4 aromatic rings. The first-order valence-corrected chi connectivity index (χ1v) is 8.77. The predicted molar refractivity (Wildman–Crippen MR) is 104 cm³/mol. The topological polar surface area (TPSA) is 81.4 Å². The maximum atomic E-state index is 14.3. The van der Waals surface area contributed by atoms with Gasteiger partial charge in [0.25, 0.3) is 5.91 Å². The first-order valence-electron chi connectivity index (χ1n) is 8.77. The number of rotatable bonds is 5. The molecule has 0 aliphatic heterocycles. The van der Waals surface area contributed by atoms with Crippen molar-refractivity contribution in [1.29, 1.82) is 0 Å². The van der Waals surface area contributed by atoms with Gasteiger partial charge in [-0.3, -0.25) is 9.78 Å². The number of benzene rings is 2. The minimum Gasteiger partial charge on any atom is -0.453 e. The van der Waals surface area contributed by atoms with E-state index in [4.69, 9.17) is 9.15 Å². The van der Waals surface area contributed by atoms with Crippen molar-refractivity contribution in [2.24, 2.45) is 0 Å². The van der Waals surface area contributed by atoms with Gasteiger partial charge in [0.2, 0.25) is 0 Å². The fraction of sp³-hybridized carbons (Fsp3) is 0.0455. The molecule has 0 unspecified atom stereocenters. The van der Waals surface area contributed by atoms with Crippen molar-refractivity contribution < 1.29 is 18.3 Å². The Balaban J connectivity index is 1.46. The Labute approximate surface area is 164 Å². The van der Waals surface area contributed by atoms with Crippen LogP contribution >= 0.6 is 0 Å². The Morgan fingerprint density at radius 2 is 1.97 bits per heavy atom. The molecule has 4 rings (SSSR count). The number of carbonyl (C=O) groups is 1. The largest absolute Gasteiger partial charge is 0.453 e. The maximum Gasteiger partial charge on any atom is 0.349 e. The molecular weight excluding hydrogens is 375 g/mol. The third-order valence-corrected chi connectivity index (χ3v) is 4.20. The third-order valence-electron chi connectivity index (χ3n) is 4.20. The summed E-state index contributed by atoms with van der Waals surface area (Å²) in [4.78, 5) is 28.3. The zero-order valence-corrected chi connectivity index (χ0v) is 15.1. The Bertz CT molecular complexity index is 1240. The van der Waals surface area contributed by atoms with Crippen molar-refractivity contribution in [2.45, 2.75) is 6.54 Å². The molecule has 0 aliphatic rings. The van der Waals surface area contributed by atoms with Crippen molar-refractivity contribution in [2.75, 3.05) is 0 Å². The van der Waals surface area contributed by atoms with Gasteiger partial charge in [-0.25, -0.2) is 9.18 Å². The lowest BCUT2D eigenvalue weighted by Crippen LogP contribution is -2.27. The first-order chi connectivity index (χ1) is 14.1. The number of hydrogen-bond acceptors (Lipinski definition) is 5. The second kappa shape index (κ2) is 7.93. The summed E-state index contributed by atoms with van der Waals surface area (Å²) >= 11 is 0. The molecule has 0 bridgehead atoms. The molecule has 29 heavy (non-hydrogen) atoms. The maximum absolute atomic E-state index is 14.3. The summed E-state index contributed by atoms with van der Waals surface area (Å²) in [5.74, 6) is -0.717. The lowest BCUT2D eigenvalue weighted by Gasteiger charge is -2.09. The minimum absolute atomic E-state index is 0.0369. The van der Waals surface area contributed by atoms with Gasteiger partial charge in [0.1, 0.15) is 16.9 Å². The van der Waals surface area contributed by atoms with Crippen LogP contribution in [0.2, 0.25) is 0 Å². The number of nitrogens with one attached hydrogen (secondary N) is 1. The van der Waals surface area contributed by atoms with E-state index in [0.717, 1.165) is 0 Å². The van der Waals surface area contributed by atoms with Crippen molar-refractivity contribution in [1.82, 2.24) is 10.3 Å². The molecule has 2 aromatic heterocycles. The quantitative estimate of drug-likeness (QED) is 0.520. The van der Waals surface area contributed by atoms with Gasteiger partial charge in [-0.1, -0.05) is 24.3 Å². The molecule has 6 nitrogen and oxygen atoms in total. The normalized spacial score (nSPS) is 10.7. The van der Waals surface area contributed by atoms with Gasteiger partial charge in [-0.05, 0) is 42.0 Å². The lowest BCUT2D eigenvalue weighted by molar-refractivity contribution is 0.0947. The number of pyridine rings is 1. The third kappa shape index (κ3) is 4.14. The van der Waals surface area contributed by atoms with Crippen LogP contribution < -0.4 is 15.7 Å². The van der Waals surface area contributed by atoms with Crippen LogP contribution in [0, 0.1) is 5.82 Å². The average molecular weight is 390 g/mol. The molecule has 1 amide bonds. The van der Waals surface area contributed by atoms with Crippen LogP contribution in [0.25, 0.3) is 11.0 Å². The molecule has 0 aliphatic carbocycles. The van der Waals surface area contributed by atoms with E-state index in [9.17, 15) is 14.0 Å². The molecule has 0 saturated carbocycles. The summed E-state index contributed by atoms with van der Waals surface area (Å²) in [6, 6.07) is 16.1. The summed E-state index contributed by atoms with van der Waals surface area (Å²) < 4.78 is 24.9. The smallest absolute Gasteiger partial charge is 0.349 e. The van der Waals surface area contributed by atoms with E-state index in [1.54, 1.807) is 48.7 Å². The molecule has 0 saturated heterocycles. The number of ether oxygens (including phenoxy) is 1. The average Bonchev–Trinajstić information content (AvgIpc) is 2.74. The van der Waals surface area contributed by atoms with Gasteiger partial charge < -0.3 is 14.5 Å². The molecule has 7 heteroatoms. The molecule has 2 heterocycles. The summed E-state index contributed by atoms with van der Waals surface area (Å²) in [6.07, 6.45) is 3.06. The van der Waals surface area contributed by atoms with Crippen molar-refractivity contribution in [3.63, 3.8) is 0 Å². The summed E-state index contributed by atoms with van der Waals surface area (Å²) in [7, 11) is 0. The van der Waals surface area contributed by atoms with Gasteiger partial charge in [-0.2, -0.15) is 0 Å². The summed E-state index contributed by atoms with van der Waals surface area (Å²) in [6.45, 7) is 0.0369. The second-order valence-electron chi connectivity index (χ2n) is 6.22. The monoisotopic (exact) mass is 390 g/mol. The first kappa shape index (κ1) is 18.4. The van der Waals surface area contributed by atoms with Crippen molar-refractivity contribution >= 4 is 16.9 Å². The number of fused-ring (bicyclic) bond motifs is 1. The van der Waals surface area contributed by atoms with Crippen LogP contribution in [0.1, 0.15) is 15.9 Å². The molecule has 0 radical (unpaired) electrons. The van der Waals surface area contributed by atoms with Crippen molar-refractivity contribution in [3.05, 3.63) is 100 Å². The van der Waals surface area contributed by atoms with E-state index < -0.39 is 17.3 Å². The molecule has 0 spiro atoms. The molecular formula is C22H15FN2O4. The van der Waals surface area contributed by atoms with Crippen LogP contribution in [0.5, 0.6) is 11.5 Å².